The molecule has 0 N–H and O–H groups in total. The van der Waals surface area contributed by atoms with Crippen LogP contribution in [0.25, 0.3) is 0 Å². The van der Waals surface area contributed by atoms with Gasteiger partial charge in [0.15, 0.2) is 0 Å². The molecule has 1 aliphatic carbocycles. The highest BCUT2D eigenvalue weighted by Crippen LogP contribution is 2.51. The largest absolute Gasteiger partial charge is 0.469 e. The first kappa shape index (κ1) is 9.30. The highest BCUT2D eigenvalue weighted by Gasteiger charge is 2.50. The van der Waals surface area contributed by atoms with E-state index in [0.717, 1.165) is 6.42 Å². The summed E-state index contributed by atoms with van der Waals surface area (Å²) in [4.78, 5) is 11.1. The highest BCUT2D eigenvalue weighted by molar-refractivity contribution is 5.75. The first-order chi connectivity index (χ1) is 5.53. The van der Waals surface area contributed by atoms with E-state index in [2.05, 4.69) is 25.2 Å². The van der Waals surface area contributed by atoms with Gasteiger partial charge in [-0.05, 0) is 17.8 Å². The fourth-order valence-electron chi connectivity index (χ4n) is 1.58. The molecule has 0 spiro atoms. The van der Waals surface area contributed by atoms with Gasteiger partial charge in [0.1, 0.15) is 0 Å². The predicted octanol–water partition coefficient (Wildman–Crippen LogP) is 2.01. The van der Waals surface area contributed by atoms with Gasteiger partial charge in [-0.1, -0.05) is 19.9 Å². The quantitative estimate of drug-likeness (QED) is 0.476. The Morgan fingerprint density at radius 2 is 2.25 bits per heavy atom. The molecule has 1 saturated carbocycles. The number of ether oxygens (including phenoxy) is 1. The lowest BCUT2D eigenvalue weighted by Gasteiger charge is -2.18. The van der Waals surface area contributed by atoms with Gasteiger partial charge >= 0.3 is 5.97 Å². The number of allylic oxidation sites excluding steroid dienone is 1. The fraction of sp³-hybridized carbons (Fsp3) is 0.700. The number of hydrogen-bond donors (Lipinski definition) is 0. The molecule has 2 unspecified atom stereocenters. The number of esters is 1. The number of carbonyl (C=O) groups is 1. The van der Waals surface area contributed by atoms with Crippen molar-refractivity contribution in [3.8, 4) is 0 Å². The third-order valence-corrected chi connectivity index (χ3v) is 2.78. The van der Waals surface area contributed by atoms with Crippen LogP contribution in [-0.4, -0.2) is 13.1 Å². The Labute approximate surface area is 73.6 Å². The summed E-state index contributed by atoms with van der Waals surface area (Å²) in [6, 6.07) is 0. The Hall–Kier alpha value is -0.790. The Morgan fingerprint density at radius 1 is 1.67 bits per heavy atom. The SMILES string of the molecule is C=CC(C)(C)C1CC1C(=O)OC. The first-order valence-electron chi connectivity index (χ1n) is 4.24. The number of rotatable bonds is 3. The molecule has 0 amide bonds. The van der Waals surface area contributed by atoms with Crippen LogP contribution in [0.4, 0.5) is 0 Å². The van der Waals surface area contributed by atoms with E-state index in [-0.39, 0.29) is 17.3 Å². The van der Waals surface area contributed by atoms with E-state index in [1.807, 2.05) is 6.08 Å². The van der Waals surface area contributed by atoms with Crippen molar-refractivity contribution in [1.29, 1.82) is 0 Å². The maximum Gasteiger partial charge on any atom is 0.308 e. The highest BCUT2D eigenvalue weighted by atomic mass is 16.5. The molecule has 0 saturated heterocycles. The first-order valence-corrected chi connectivity index (χ1v) is 4.24. The van der Waals surface area contributed by atoms with Crippen LogP contribution in [0.3, 0.4) is 0 Å². The van der Waals surface area contributed by atoms with Crippen molar-refractivity contribution in [2.45, 2.75) is 20.3 Å². The van der Waals surface area contributed by atoms with Crippen LogP contribution in [0.15, 0.2) is 12.7 Å². The third-order valence-electron chi connectivity index (χ3n) is 2.78. The number of methoxy groups -OCH3 is 1. The van der Waals surface area contributed by atoms with Gasteiger partial charge in [-0.2, -0.15) is 0 Å². The second-order valence-corrected chi connectivity index (χ2v) is 4.00. The Morgan fingerprint density at radius 3 is 2.67 bits per heavy atom. The van der Waals surface area contributed by atoms with Gasteiger partial charge in [-0.25, -0.2) is 0 Å². The minimum absolute atomic E-state index is 0.0683. The van der Waals surface area contributed by atoms with Gasteiger partial charge in [0.05, 0.1) is 13.0 Å². The maximum absolute atomic E-state index is 11.1. The standard InChI is InChI=1S/C10H16O2/c1-5-10(2,3)8-6-7(8)9(11)12-4/h5,7-8H,1,6H2,2-4H3. The van der Waals surface area contributed by atoms with Crippen LogP contribution in [0, 0.1) is 17.3 Å². The predicted molar refractivity (Wildman–Crippen MR) is 47.6 cm³/mol. The molecule has 1 fully saturated rings. The van der Waals surface area contributed by atoms with Crippen molar-refractivity contribution in [2.24, 2.45) is 17.3 Å². The summed E-state index contributed by atoms with van der Waals surface area (Å²) in [7, 11) is 1.44. The number of hydrogen-bond acceptors (Lipinski definition) is 2. The van der Waals surface area contributed by atoms with Crippen LogP contribution in [-0.2, 0) is 9.53 Å². The van der Waals surface area contributed by atoms with E-state index >= 15 is 0 Å². The Kier molecular flexibility index (Phi) is 2.27. The summed E-state index contributed by atoms with van der Waals surface area (Å²) in [5, 5.41) is 0. The van der Waals surface area contributed by atoms with E-state index in [9.17, 15) is 4.79 Å². The van der Waals surface area contributed by atoms with Gasteiger partial charge in [0, 0.05) is 0 Å². The summed E-state index contributed by atoms with van der Waals surface area (Å²) >= 11 is 0. The zero-order chi connectivity index (χ0) is 9.35. The van der Waals surface area contributed by atoms with Crippen molar-refractivity contribution in [3.05, 3.63) is 12.7 Å². The summed E-state index contributed by atoms with van der Waals surface area (Å²) in [5.74, 6) is 0.473. The third kappa shape index (κ3) is 1.52. The fourth-order valence-corrected chi connectivity index (χ4v) is 1.58. The van der Waals surface area contributed by atoms with Crippen LogP contribution in [0.1, 0.15) is 20.3 Å². The van der Waals surface area contributed by atoms with E-state index < -0.39 is 0 Å². The molecule has 2 nitrogen and oxygen atoms in total. The molecule has 0 aromatic heterocycles. The molecule has 0 bridgehead atoms. The minimum Gasteiger partial charge on any atom is -0.469 e. The molecule has 0 heterocycles. The normalized spacial score (nSPS) is 27.9. The summed E-state index contributed by atoms with van der Waals surface area (Å²) < 4.78 is 4.67. The molecule has 1 rings (SSSR count). The second kappa shape index (κ2) is 2.92. The molecule has 0 aliphatic heterocycles. The van der Waals surface area contributed by atoms with E-state index in [0.29, 0.717) is 5.92 Å². The second-order valence-electron chi connectivity index (χ2n) is 4.00. The van der Waals surface area contributed by atoms with Crippen molar-refractivity contribution < 1.29 is 9.53 Å². The lowest BCUT2D eigenvalue weighted by Crippen LogP contribution is -2.15. The molecule has 2 heteroatoms. The Balaban J connectivity index is 2.52. The van der Waals surface area contributed by atoms with Gasteiger partial charge in [-0.3, -0.25) is 4.79 Å². The van der Waals surface area contributed by atoms with Crippen LogP contribution in [0.5, 0.6) is 0 Å². The van der Waals surface area contributed by atoms with Crippen LogP contribution in [0.2, 0.25) is 0 Å². The molecular weight excluding hydrogens is 152 g/mol. The average molecular weight is 168 g/mol. The monoisotopic (exact) mass is 168 g/mol. The topological polar surface area (TPSA) is 26.3 Å². The Bertz CT molecular complexity index is 206. The molecule has 1 aliphatic rings. The van der Waals surface area contributed by atoms with Crippen molar-refractivity contribution in [3.63, 3.8) is 0 Å². The van der Waals surface area contributed by atoms with Crippen molar-refractivity contribution in [1.82, 2.24) is 0 Å². The van der Waals surface area contributed by atoms with Gasteiger partial charge in [-0.15, -0.1) is 6.58 Å². The maximum atomic E-state index is 11.1. The molecular formula is C10H16O2. The van der Waals surface area contributed by atoms with Crippen LogP contribution < -0.4 is 0 Å². The molecule has 68 valence electrons. The van der Waals surface area contributed by atoms with E-state index in [4.69, 9.17) is 0 Å². The summed E-state index contributed by atoms with van der Waals surface area (Å²) in [5.41, 5.74) is 0.0683. The molecule has 12 heavy (non-hydrogen) atoms. The molecule has 0 aromatic carbocycles. The van der Waals surface area contributed by atoms with Gasteiger partial charge < -0.3 is 4.74 Å². The smallest absolute Gasteiger partial charge is 0.308 e. The minimum atomic E-state index is -0.0741. The van der Waals surface area contributed by atoms with E-state index in [1.165, 1.54) is 7.11 Å². The van der Waals surface area contributed by atoms with Crippen molar-refractivity contribution in [2.75, 3.05) is 7.11 Å². The zero-order valence-electron chi connectivity index (χ0n) is 7.96. The number of carbonyl (C=O) groups excluding carboxylic acids is 1. The lowest BCUT2D eigenvalue weighted by atomic mass is 9.86. The molecule has 0 aromatic rings. The zero-order valence-corrected chi connectivity index (χ0v) is 7.96. The van der Waals surface area contributed by atoms with Crippen molar-refractivity contribution >= 4 is 5.97 Å². The van der Waals surface area contributed by atoms with Gasteiger partial charge in [0.2, 0.25) is 0 Å². The van der Waals surface area contributed by atoms with Gasteiger partial charge in [0.25, 0.3) is 0 Å². The lowest BCUT2D eigenvalue weighted by molar-refractivity contribution is -0.142. The average Bonchev–Trinajstić information content (AvgIpc) is 2.82. The van der Waals surface area contributed by atoms with E-state index in [1.54, 1.807) is 0 Å². The van der Waals surface area contributed by atoms with Crippen LogP contribution >= 0.6 is 0 Å². The summed E-state index contributed by atoms with van der Waals surface area (Å²) in [6.45, 7) is 7.97. The molecule has 2 atom stereocenters. The molecule has 0 radical (unpaired) electrons. The summed E-state index contributed by atoms with van der Waals surface area (Å²) in [6.07, 6.45) is 2.87.